The van der Waals surface area contributed by atoms with E-state index in [1.807, 2.05) is 32.6 Å². The van der Waals surface area contributed by atoms with Gasteiger partial charge in [-0.2, -0.15) is 0 Å². The van der Waals surface area contributed by atoms with Crippen molar-refractivity contribution in [2.24, 2.45) is 0 Å². The van der Waals surface area contributed by atoms with E-state index in [9.17, 15) is 9.59 Å². The predicted octanol–water partition coefficient (Wildman–Crippen LogP) is 2.73. The number of carbonyl (C=O) groups excluding carboxylic acids is 2. The van der Waals surface area contributed by atoms with E-state index < -0.39 is 5.54 Å². The summed E-state index contributed by atoms with van der Waals surface area (Å²) in [4.78, 5) is 29.7. The van der Waals surface area contributed by atoms with Gasteiger partial charge in [-0.15, -0.1) is 0 Å². The highest BCUT2D eigenvalue weighted by Crippen LogP contribution is 2.26. The normalized spacial score (nSPS) is 24.1. The van der Waals surface area contributed by atoms with E-state index in [0.29, 0.717) is 18.0 Å². The summed E-state index contributed by atoms with van der Waals surface area (Å²) in [5.74, 6) is 0.112. The molecule has 0 aliphatic carbocycles. The van der Waals surface area contributed by atoms with Crippen LogP contribution in [-0.2, 0) is 9.59 Å². The molecule has 1 N–H and O–H groups in total. The van der Waals surface area contributed by atoms with Crippen molar-refractivity contribution in [2.45, 2.75) is 71.8 Å². The zero-order valence-corrected chi connectivity index (χ0v) is 16.5. The molecule has 1 atom stereocenters. The molecule has 2 fully saturated rings. The molecule has 2 saturated heterocycles. The third kappa shape index (κ3) is 5.16. The summed E-state index contributed by atoms with van der Waals surface area (Å²) >= 11 is 5.17. The lowest BCUT2D eigenvalue weighted by Gasteiger charge is -2.35. The second-order valence-electron chi connectivity index (χ2n) is 6.39. The molecule has 24 heavy (non-hydrogen) atoms. The molecule has 0 radical (unpaired) electrons. The van der Waals surface area contributed by atoms with Crippen molar-refractivity contribution < 1.29 is 9.59 Å². The minimum atomic E-state index is -0.631. The average Bonchev–Trinajstić information content (AvgIpc) is 3.07. The maximum Gasteiger partial charge on any atom is 0.248 e. The molecule has 0 aromatic carbocycles. The van der Waals surface area contributed by atoms with Crippen molar-refractivity contribution in [1.82, 2.24) is 15.1 Å². The minimum Gasteiger partial charge on any atom is -0.366 e. The van der Waals surface area contributed by atoms with Crippen LogP contribution in [0.15, 0.2) is 0 Å². The Balaban J connectivity index is 0.00000139. The standard InChI is InChI=1S/C16H27N3O2S.C2H6/c1-3-16(17-13(2)22)8-4-5-11-19(15(16)21)12-14(20)18-9-6-7-10-18;1-2/h3-12H2,1-2H3,(H,17,22);1-2H3/t16-;/m0./s1. The molecule has 2 heterocycles. The van der Waals surface area contributed by atoms with Gasteiger partial charge in [0.1, 0.15) is 5.54 Å². The molecule has 2 aliphatic rings. The third-order valence-corrected chi connectivity index (χ3v) is 4.88. The van der Waals surface area contributed by atoms with Crippen LogP contribution in [0.1, 0.15) is 66.2 Å². The van der Waals surface area contributed by atoms with E-state index in [1.54, 1.807) is 4.90 Å². The lowest BCUT2D eigenvalue weighted by atomic mass is 9.89. The fraction of sp³-hybridized carbons (Fsp3) is 0.833. The molecule has 138 valence electrons. The van der Waals surface area contributed by atoms with E-state index >= 15 is 0 Å². The Hall–Kier alpha value is -1.17. The van der Waals surface area contributed by atoms with Gasteiger partial charge in [0.15, 0.2) is 0 Å². The van der Waals surface area contributed by atoms with E-state index in [0.717, 1.165) is 45.2 Å². The Kier molecular flexibility index (Phi) is 8.67. The highest BCUT2D eigenvalue weighted by atomic mass is 32.1. The first-order valence-electron chi connectivity index (χ1n) is 9.34. The molecular weight excluding hydrogens is 322 g/mol. The Morgan fingerprint density at radius 2 is 1.75 bits per heavy atom. The van der Waals surface area contributed by atoms with E-state index in [1.165, 1.54) is 0 Å². The SMILES string of the molecule is CC.CC[C@]1(NC(C)=S)CCCCN(CC(=O)N2CCCC2)C1=O. The number of hydrogen-bond acceptors (Lipinski definition) is 3. The van der Waals surface area contributed by atoms with E-state index in [-0.39, 0.29) is 18.4 Å². The number of nitrogens with one attached hydrogen (secondary N) is 1. The van der Waals surface area contributed by atoms with Crippen LogP contribution < -0.4 is 5.32 Å². The summed E-state index contributed by atoms with van der Waals surface area (Å²) in [5.41, 5.74) is -0.631. The van der Waals surface area contributed by atoms with Gasteiger partial charge in [-0.3, -0.25) is 9.59 Å². The van der Waals surface area contributed by atoms with Gasteiger partial charge in [0.25, 0.3) is 0 Å². The maximum absolute atomic E-state index is 13.0. The molecule has 0 saturated carbocycles. The first kappa shape index (κ1) is 20.9. The molecule has 0 bridgehead atoms. The van der Waals surface area contributed by atoms with Crippen LogP contribution in [-0.4, -0.2) is 58.3 Å². The molecule has 2 aliphatic heterocycles. The van der Waals surface area contributed by atoms with Crippen LogP contribution in [0.4, 0.5) is 0 Å². The monoisotopic (exact) mass is 355 g/mol. The van der Waals surface area contributed by atoms with Crippen molar-refractivity contribution in [3.05, 3.63) is 0 Å². The zero-order chi connectivity index (χ0) is 18.2. The predicted molar refractivity (Wildman–Crippen MR) is 102 cm³/mol. The molecule has 6 heteroatoms. The highest BCUT2D eigenvalue weighted by Gasteiger charge is 2.41. The Morgan fingerprint density at radius 1 is 1.17 bits per heavy atom. The number of rotatable bonds is 4. The molecule has 0 unspecified atom stereocenters. The van der Waals surface area contributed by atoms with Crippen molar-refractivity contribution in [3.63, 3.8) is 0 Å². The van der Waals surface area contributed by atoms with E-state index in [4.69, 9.17) is 12.2 Å². The quantitative estimate of drug-likeness (QED) is 0.788. The molecule has 2 amide bonds. The first-order valence-corrected chi connectivity index (χ1v) is 9.75. The molecule has 2 rings (SSSR count). The van der Waals surface area contributed by atoms with Crippen molar-refractivity contribution in [1.29, 1.82) is 0 Å². The van der Waals surface area contributed by atoms with Crippen molar-refractivity contribution in [3.8, 4) is 0 Å². The van der Waals surface area contributed by atoms with Gasteiger partial charge in [-0.1, -0.05) is 33.0 Å². The summed E-state index contributed by atoms with van der Waals surface area (Å²) in [7, 11) is 0. The molecule has 0 aromatic rings. The lowest BCUT2D eigenvalue weighted by Crippen LogP contribution is -2.59. The summed E-state index contributed by atoms with van der Waals surface area (Å²) in [5, 5.41) is 3.22. The van der Waals surface area contributed by atoms with Gasteiger partial charge in [-0.25, -0.2) is 0 Å². The van der Waals surface area contributed by atoms with Crippen molar-refractivity contribution >= 4 is 29.0 Å². The van der Waals surface area contributed by atoms with Gasteiger partial charge in [0, 0.05) is 19.6 Å². The maximum atomic E-state index is 13.0. The van der Waals surface area contributed by atoms with Crippen LogP contribution in [0.5, 0.6) is 0 Å². The number of likely N-dealkylation sites (tertiary alicyclic amines) is 2. The van der Waals surface area contributed by atoms with Gasteiger partial charge in [0.2, 0.25) is 11.8 Å². The number of hydrogen-bond donors (Lipinski definition) is 1. The molecule has 0 aromatic heterocycles. The van der Waals surface area contributed by atoms with Gasteiger partial charge in [0.05, 0.1) is 11.5 Å². The van der Waals surface area contributed by atoms with Gasteiger partial charge >= 0.3 is 0 Å². The Morgan fingerprint density at radius 3 is 2.29 bits per heavy atom. The molecule has 5 nitrogen and oxygen atoms in total. The topological polar surface area (TPSA) is 52.7 Å². The Bertz CT molecular complexity index is 450. The largest absolute Gasteiger partial charge is 0.366 e. The molecular formula is C18H33N3O2S. The van der Waals surface area contributed by atoms with Crippen LogP contribution in [0, 0.1) is 0 Å². The lowest BCUT2D eigenvalue weighted by molar-refractivity contribution is -0.143. The van der Waals surface area contributed by atoms with Gasteiger partial charge < -0.3 is 15.1 Å². The van der Waals surface area contributed by atoms with E-state index in [2.05, 4.69) is 5.32 Å². The zero-order valence-electron chi connectivity index (χ0n) is 15.7. The fourth-order valence-electron chi connectivity index (χ4n) is 3.49. The highest BCUT2D eigenvalue weighted by molar-refractivity contribution is 7.80. The number of nitrogens with zero attached hydrogens (tertiary/aromatic N) is 2. The summed E-state index contributed by atoms with van der Waals surface area (Å²) in [6.45, 7) is 10.4. The number of amides is 2. The molecule has 0 spiro atoms. The number of thiocarbonyl (C=S) groups is 1. The average molecular weight is 356 g/mol. The van der Waals surface area contributed by atoms with Crippen molar-refractivity contribution in [2.75, 3.05) is 26.2 Å². The second-order valence-corrected chi connectivity index (χ2v) is 7.00. The Labute approximate surface area is 152 Å². The van der Waals surface area contributed by atoms with Crippen LogP contribution in [0.3, 0.4) is 0 Å². The van der Waals surface area contributed by atoms with Crippen LogP contribution in [0.25, 0.3) is 0 Å². The summed E-state index contributed by atoms with van der Waals surface area (Å²) in [6.07, 6.45) is 5.54. The fourth-order valence-corrected chi connectivity index (χ4v) is 3.69. The summed E-state index contributed by atoms with van der Waals surface area (Å²) < 4.78 is 0. The second kappa shape index (κ2) is 9.97. The minimum absolute atomic E-state index is 0.0317. The number of carbonyl (C=O) groups is 2. The first-order chi connectivity index (χ1) is 11.5. The third-order valence-electron chi connectivity index (χ3n) is 4.78. The summed E-state index contributed by atoms with van der Waals surface area (Å²) in [6, 6.07) is 0. The van der Waals surface area contributed by atoms with Gasteiger partial charge in [-0.05, 0) is 45.4 Å². The van der Waals surface area contributed by atoms with Crippen LogP contribution in [0.2, 0.25) is 0 Å². The van der Waals surface area contributed by atoms with Crippen LogP contribution >= 0.6 is 12.2 Å². The smallest absolute Gasteiger partial charge is 0.248 e.